The third-order valence-corrected chi connectivity index (χ3v) is 7.64. The van der Waals surface area contributed by atoms with Crippen LogP contribution < -0.4 is 14.9 Å². The Morgan fingerprint density at radius 2 is 2.00 bits per heavy atom. The first-order chi connectivity index (χ1) is 18.7. The Bertz CT molecular complexity index is 1850. The molecule has 5 rings (SSSR count). The molecule has 1 aliphatic rings. The van der Waals surface area contributed by atoms with E-state index in [1.54, 1.807) is 62.4 Å². The molecule has 0 bridgehead atoms. The Labute approximate surface area is 231 Å². The average Bonchev–Trinajstić information content (AvgIpc) is 3.48. The summed E-state index contributed by atoms with van der Waals surface area (Å²) in [4.78, 5) is 42.5. The van der Waals surface area contributed by atoms with Crippen LogP contribution in [0.2, 0.25) is 5.02 Å². The molecule has 4 aromatic rings. The number of thiazole rings is 1. The van der Waals surface area contributed by atoms with Gasteiger partial charge in [0.2, 0.25) is 0 Å². The van der Waals surface area contributed by atoms with Gasteiger partial charge in [0.25, 0.3) is 11.2 Å². The number of carbonyl (C=O) groups excluding carboxylic acids is 1. The van der Waals surface area contributed by atoms with Gasteiger partial charge in [0.1, 0.15) is 17.6 Å². The molecule has 0 saturated heterocycles. The Hall–Kier alpha value is -4.28. The van der Waals surface area contributed by atoms with Crippen molar-refractivity contribution in [2.45, 2.75) is 26.8 Å². The van der Waals surface area contributed by atoms with Crippen LogP contribution in [0.15, 0.2) is 80.1 Å². The number of aromatic nitrogens is 1. The van der Waals surface area contributed by atoms with E-state index in [1.165, 1.54) is 16.7 Å². The van der Waals surface area contributed by atoms with Gasteiger partial charge in [-0.2, -0.15) is 0 Å². The summed E-state index contributed by atoms with van der Waals surface area (Å²) in [6.07, 6.45) is 1.59. The maximum absolute atomic E-state index is 13.7. The SMILES string of the molecule is CCOC(=O)C1=C(C)N=c2s/c(=C\c3ccc(-c4cc([N+](=O)[O-])ccc4C)o3)c(=O)n2[C@@H]1c1ccccc1Cl. The van der Waals surface area contributed by atoms with Crippen LogP contribution in [0, 0.1) is 17.0 Å². The number of fused-ring (bicyclic) bond motifs is 1. The van der Waals surface area contributed by atoms with Crippen molar-refractivity contribution in [3.63, 3.8) is 0 Å². The second kappa shape index (κ2) is 10.5. The molecule has 1 aliphatic heterocycles. The van der Waals surface area contributed by atoms with Crippen molar-refractivity contribution in [1.82, 2.24) is 4.57 Å². The fraction of sp³-hybridized carbons (Fsp3) is 0.179. The molecule has 0 saturated carbocycles. The molecule has 0 unspecified atom stereocenters. The van der Waals surface area contributed by atoms with Gasteiger partial charge in [0, 0.05) is 28.8 Å². The zero-order valence-corrected chi connectivity index (χ0v) is 22.7. The number of furan rings is 1. The van der Waals surface area contributed by atoms with Gasteiger partial charge in [-0.3, -0.25) is 19.5 Å². The van der Waals surface area contributed by atoms with Gasteiger partial charge in [0.15, 0.2) is 4.80 Å². The summed E-state index contributed by atoms with van der Waals surface area (Å²) >= 11 is 7.69. The fourth-order valence-corrected chi connectivity index (χ4v) is 5.74. The number of hydrogen-bond donors (Lipinski definition) is 0. The largest absolute Gasteiger partial charge is 0.463 e. The first-order valence-corrected chi connectivity index (χ1v) is 13.2. The number of halogens is 1. The predicted molar refractivity (Wildman–Crippen MR) is 147 cm³/mol. The maximum atomic E-state index is 13.7. The highest BCUT2D eigenvalue weighted by Gasteiger charge is 2.34. The van der Waals surface area contributed by atoms with Crippen molar-refractivity contribution in [3.05, 3.63) is 118 Å². The van der Waals surface area contributed by atoms with Crippen molar-refractivity contribution in [3.8, 4) is 11.3 Å². The standard InChI is InChI=1S/C28H22ClN3O6S/c1-4-37-27(34)24-16(3)30-28-31(25(24)19-7-5-6-8-21(19)29)26(33)23(39-28)14-18-11-12-22(38-18)20-13-17(32(35)36)10-9-15(20)2/h5-14,25H,4H2,1-3H3/b23-14-/t25-/m1/s1. The topological polar surface area (TPSA) is 117 Å². The molecule has 11 heteroatoms. The van der Waals surface area contributed by atoms with Crippen LogP contribution in [0.5, 0.6) is 0 Å². The zero-order valence-electron chi connectivity index (χ0n) is 21.1. The monoisotopic (exact) mass is 563 g/mol. The van der Waals surface area contributed by atoms with Gasteiger partial charge in [-0.25, -0.2) is 9.79 Å². The molecule has 2 aromatic carbocycles. The Morgan fingerprint density at radius 1 is 1.23 bits per heavy atom. The quantitative estimate of drug-likeness (QED) is 0.186. The molecule has 0 fully saturated rings. The van der Waals surface area contributed by atoms with E-state index in [9.17, 15) is 19.7 Å². The fourth-order valence-electron chi connectivity index (χ4n) is 4.48. The molecule has 0 spiro atoms. The minimum atomic E-state index is -0.823. The minimum absolute atomic E-state index is 0.0470. The molecule has 198 valence electrons. The van der Waals surface area contributed by atoms with Crippen LogP contribution in [0.25, 0.3) is 17.4 Å². The van der Waals surface area contributed by atoms with Gasteiger partial charge in [-0.15, -0.1) is 0 Å². The second-order valence-corrected chi connectivity index (χ2v) is 10.2. The summed E-state index contributed by atoms with van der Waals surface area (Å²) in [5, 5.41) is 11.6. The number of non-ortho nitro benzene ring substituents is 1. The van der Waals surface area contributed by atoms with E-state index in [0.29, 0.717) is 42.7 Å². The number of aryl methyl sites for hydroxylation is 1. The molecule has 0 radical (unpaired) electrons. The molecule has 2 aromatic heterocycles. The Balaban J connectivity index is 1.64. The smallest absolute Gasteiger partial charge is 0.338 e. The second-order valence-electron chi connectivity index (χ2n) is 8.78. The van der Waals surface area contributed by atoms with E-state index < -0.39 is 16.9 Å². The molecule has 0 amide bonds. The predicted octanol–water partition coefficient (Wildman–Crippen LogP) is 4.93. The first kappa shape index (κ1) is 26.3. The highest BCUT2D eigenvalue weighted by atomic mass is 35.5. The molecule has 1 atom stereocenters. The summed E-state index contributed by atoms with van der Waals surface area (Å²) in [5.41, 5.74) is 2.22. The molecular weight excluding hydrogens is 542 g/mol. The van der Waals surface area contributed by atoms with Gasteiger partial charge in [-0.05, 0) is 50.1 Å². The summed E-state index contributed by atoms with van der Waals surface area (Å²) in [7, 11) is 0. The Kier molecular flexibility index (Phi) is 7.07. The van der Waals surface area contributed by atoms with Crippen molar-refractivity contribution in [2.75, 3.05) is 6.61 Å². The van der Waals surface area contributed by atoms with Crippen LogP contribution in [0.1, 0.15) is 36.8 Å². The number of ether oxygens (including phenoxy) is 1. The van der Waals surface area contributed by atoms with E-state index in [-0.39, 0.29) is 23.4 Å². The van der Waals surface area contributed by atoms with Crippen molar-refractivity contribution < 1.29 is 18.9 Å². The number of hydrogen-bond acceptors (Lipinski definition) is 8. The van der Waals surface area contributed by atoms with Gasteiger partial charge < -0.3 is 9.15 Å². The molecule has 9 nitrogen and oxygen atoms in total. The maximum Gasteiger partial charge on any atom is 0.338 e. The number of esters is 1. The molecule has 3 heterocycles. The van der Waals surface area contributed by atoms with E-state index >= 15 is 0 Å². The van der Waals surface area contributed by atoms with Crippen molar-refractivity contribution >= 4 is 40.7 Å². The summed E-state index contributed by atoms with van der Waals surface area (Å²) in [5.74, 6) is 0.252. The summed E-state index contributed by atoms with van der Waals surface area (Å²) in [6, 6.07) is 14.1. The average molecular weight is 564 g/mol. The summed E-state index contributed by atoms with van der Waals surface area (Å²) in [6.45, 7) is 5.41. The molecule has 39 heavy (non-hydrogen) atoms. The number of nitrogens with zero attached hydrogens (tertiary/aromatic N) is 3. The number of carbonyl (C=O) groups is 1. The zero-order chi connectivity index (χ0) is 27.8. The highest BCUT2D eigenvalue weighted by molar-refractivity contribution is 7.07. The van der Waals surface area contributed by atoms with Gasteiger partial charge in [0.05, 0.1) is 27.3 Å². The van der Waals surface area contributed by atoms with Crippen molar-refractivity contribution in [1.29, 1.82) is 0 Å². The van der Waals surface area contributed by atoms with E-state index in [1.807, 2.05) is 6.92 Å². The Morgan fingerprint density at radius 3 is 2.72 bits per heavy atom. The van der Waals surface area contributed by atoms with E-state index in [4.69, 9.17) is 20.8 Å². The lowest BCUT2D eigenvalue weighted by Gasteiger charge is -2.25. The lowest BCUT2D eigenvalue weighted by atomic mass is 9.96. The number of allylic oxidation sites excluding steroid dienone is 1. The van der Waals surface area contributed by atoms with Gasteiger partial charge in [-0.1, -0.05) is 47.2 Å². The first-order valence-electron chi connectivity index (χ1n) is 12.0. The normalized spacial score (nSPS) is 15.2. The van der Waals surface area contributed by atoms with Crippen molar-refractivity contribution in [2.24, 2.45) is 4.99 Å². The summed E-state index contributed by atoms with van der Waals surface area (Å²) < 4.78 is 13.0. The number of rotatable bonds is 6. The van der Waals surface area contributed by atoms with E-state index in [2.05, 4.69) is 4.99 Å². The highest BCUT2D eigenvalue weighted by Crippen LogP contribution is 2.34. The van der Waals surface area contributed by atoms with Crippen LogP contribution >= 0.6 is 22.9 Å². The number of nitro groups is 1. The lowest BCUT2D eigenvalue weighted by molar-refractivity contribution is -0.384. The lowest BCUT2D eigenvalue weighted by Crippen LogP contribution is -2.40. The molecule has 0 N–H and O–H groups in total. The van der Waals surface area contributed by atoms with Crippen LogP contribution in [-0.2, 0) is 9.53 Å². The van der Waals surface area contributed by atoms with Crippen LogP contribution in [0.4, 0.5) is 5.69 Å². The third kappa shape index (κ3) is 4.84. The van der Waals surface area contributed by atoms with Gasteiger partial charge >= 0.3 is 5.97 Å². The van der Waals surface area contributed by atoms with Crippen LogP contribution in [-0.4, -0.2) is 22.1 Å². The molecular formula is C28H22ClN3O6S. The molecule has 0 aliphatic carbocycles. The van der Waals surface area contributed by atoms with Crippen LogP contribution in [0.3, 0.4) is 0 Å². The number of nitro benzene ring substituents is 1. The number of benzene rings is 2. The minimum Gasteiger partial charge on any atom is -0.463 e. The third-order valence-electron chi connectivity index (χ3n) is 6.31. The van der Waals surface area contributed by atoms with E-state index in [0.717, 1.165) is 16.9 Å².